The standard InChI is InChI=1S/C37H47BrN6O8/c38-29-23-25(5-6-31(29)45)24-32(35(49)42-14-10-27(11-15-42)40-19-21-41(22-20-40)33(46)7-8-34(47)48)52-37(51)43-16-12-28(13-17-43)44-18-9-26-3-1-2-4-30(26)39-36(44)50/h1-6,23,27-28,32,45H,7-22,24H2,(H,39,50)(H,47,48)/t32-/m1/s1. The average Bonchev–Trinajstić information content (AvgIpc) is 3.32. The van der Waals surface area contributed by atoms with Gasteiger partial charge in [0, 0.05) is 89.5 Å². The third-order valence-electron chi connectivity index (χ3n) is 10.8. The van der Waals surface area contributed by atoms with Crippen molar-refractivity contribution < 1.29 is 38.9 Å². The number of carboxylic acid groups (broad SMARTS) is 1. The van der Waals surface area contributed by atoms with Crippen LogP contribution in [0.15, 0.2) is 46.9 Å². The Morgan fingerprint density at radius 1 is 0.827 bits per heavy atom. The zero-order chi connectivity index (χ0) is 36.8. The maximum atomic E-state index is 14.0. The molecule has 6 rings (SSSR count). The quantitative estimate of drug-likeness (QED) is 0.344. The van der Waals surface area contributed by atoms with Crippen LogP contribution in [-0.4, -0.2) is 142 Å². The molecule has 3 fully saturated rings. The van der Waals surface area contributed by atoms with E-state index in [1.807, 2.05) is 29.2 Å². The molecule has 0 bridgehead atoms. The van der Waals surface area contributed by atoms with Gasteiger partial charge >= 0.3 is 18.1 Å². The molecule has 2 aromatic carbocycles. The van der Waals surface area contributed by atoms with E-state index >= 15 is 0 Å². The number of hydrogen-bond acceptors (Lipinski definition) is 8. The summed E-state index contributed by atoms with van der Waals surface area (Å²) in [5.74, 6) is -1.31. The number of phenolic OH excluding ortho intramolecular Hbond substituents is 1. The van der Waals surface area contributed by atoms with Gasteiger partial charge in [-0.1, -0.05) is 24.3 Å². The lowest BCUT2D eigenvalue weighted by Gasteiger charge is -2.43. The molecular formula is C37H47BrN6O8. The smallest absolute Gasteiger partial charge is 0.410 e. The summed E-state index contributed by atoms with van der Waals surface area (Å²) >= 11 is 3.34. The van der Waals surface area contributed by atoms with Crippen molar-refractivity contribution in [2.75, 3.05) is 64.2 Å². The molecule has 0 spiro atoms. The van der Waals surface area contributed by atoms with Gasteiger partial charge in [-0.15, -0.1) is 0 Å². The number of piperazine rings is 1. The van der Waals surface area contributed by atoms with Crippen LogP contribution < -0.4 is 5.32 Å². The van der Waals surface area contributed by atoms with Crippen LogP contribution in [0.3, 0.4) is 0 Å². The van der Waals surface area contributed by atoms with Crippen LogP contribution in [0.2, 0.25) is 0 Å². The SMILES string of the molecule is O=C(O)CCC(=O)N1CCN(C2CCN(C(=O)[C@@H](Cc3ccc(O)c(Br)c3)OC(=O)N3CCC(N4CCc5ccccc5NC4=O)CC3)CC2)CC1. The highest BCUT2D eigenvalue weighted by molar-refractivity contribution is 9.10. The first-order chi connectivity index (χ1) is 25.0. The fraction of sp³-hybridized carbons (Fsp3) is 0.541. The van der Waals surface area contributed by atoms with Crippen LogP contribution in [-0.2, 0) is 32.0 Å². The number of hydrogen-bond donors (Lipinski definition) is 3. The number of fused-ring (bicyclic) bond motifs is 1. The molecule has 5 amide bonds. The van der Waals surface area contributed by atoms with E-state index in [2.05, 4.69) is 26.1 Å². The summed E-state index contributed by atoms with van der Waals surface area (Å²) in [4.78, 5) is 73.2. The largest absolute Gasteiger partial charge is 0.507 e. The third kappa shape index (κ3) is 9.16. The zero-order valence-electron chi connectivity index (χ0n) is 29.3. The number of ether oxygens (including phenoxy) is 1. The minimum Gasteiger partial charge on any atom is -0.507 e. The topological polar surface area (TPSA) is 163 Å². The van der Waals surface area contributed by atoms with E-state index in [1.165, 1.54) is 6.07 Å². The van der Waals surface area contributed by atoms with Gasteiger partial charge in [0.25, 0.3) is 5.91 Å². The van der Waals surface area contributed by atoms with Crippen molar-refractivity contribution in [2.24, 2.45) is 0 Å². The summed E-state index contributed by atoms with van der Waals surface area (Å²) in [6.07, 6.45) is 1.79. The average molecular weight is 784 g/mol. The zero-order valence-corrected chi connectivity index (χ0v) is 30.8. The van der Waals surface area contributed by atoms with Gasteiger partial charge < -0.3 is 39.9 Å². The number of nitrogens with one attached hydrogen (secondary N) is 1. The molecule has 4 aliphatic heterocycles. The molecule has 1 atom stereocenters. The Morgan fingerprint density at radius 3 is 2.19 bits per heavy atom. The third-order valence-corrected chi connectivity index (χ3v) is 11.4. The summed E-state index contributed by atoms with van der Waals surface area (Å²) in [5, 5.41) is 22.0. The van der Waals surface area contributed by atoms with E-state index in [9.17, 15) is 29.1 Å². The van der Waals surface area contributed by atoms with Gasteiger partial charge in [-0.05, 0) is 77.4 Å². The first-order valence-electron chi connectivity index (χ1n) is 18.2. The number of amides is 5. The first-order valence-corrected chi connectivity index (χ1v) is 19.0. The summed E-state index contributed by atoms with van der Waals surface area (Å²) in [6.45, 7) is 4.89. The highest BCUT2D eigenvalue weighted by atomic mass is 79.9. The summed E-state index contributed by atoms with van der Waals surface area (Å²) < 4.78 is 6.48. The van der Waals surface area contributed by atoms with Gasteiger partial charge in [-0.2, -0.15) is 0 Å². The Balaban J connectivity index is 1.03. The van der Waals surface area contributed by atoms with E-state index in [4.69, 9.17) is 9.84 Å². The number of para-hydroxylation sites is 1. The van der Waals surface area contributed by atoms with Gasteiger partial charge in [0.05, 0.1) is 10.9 Å². The fourth-order valence-electron chi connectivity index (χ4n) is 7.73. The number of benzene rings is 2. The number of rotatable bonds is 9. The summed E-state index contributed by atoms with van der Waals surface area (Å²) in [5.41, 5.74) is 2.66. The maximum Gasteiger partial charge on any atom is 0.410 e. The number of aromatic hydroxyl groups is 1. The number of phenols is 1. The molecular weight excluding hydrogens is 736 g/mol. The number of anilines is 1. The van der Waals surface area contributed by atoms with Gasteiger partial charge in [0.1, 0.15) is 5.75 Å². The van der Waals surface area contributed by atoms with Crippen LogP contribution in [0, 0.1) is 0 Å². The Hall–Kier alpha value is -4.37. The van der Waals surface area contributed by atoms with Crippen molar-refractivity contribution in [2.45, 2.75) is 69.6 Å². The van der Waals surface area contributed by atoms with Gasteiger partial charge in [0.2, 0.25) is 5.91 Å². The molecule has 2 aromatic rings. The lowest BCUT2D eigenvalue weighted by Crippen LogP contribution is -2.56. The Kier molecular flexibility index (Phi) is 12.2. The van der Waals surface area contributed by atoms with Crippen LogP contribution in [0.1, 0.15) is 49.7 Å². The molecule has 0 aliphatic carbocycles. The van der Waals surface area contributed by atoms with Gasteiger partial charge in [-0.25, -0.2) is 9.59 Å². The number of piperidine rings is 2. The number of aliphatic carboxylic acids is 1. The molecule has 0 radical (unpaired) electrons. The molecule has 3 N–H and O–H groups in total. The molecule has 15 heteroatoms. The fourth-order valence-corrected chi connectivity index (χ4v) is 8.15. The molecule has 14 nitrogen and oxygen atoms in total. The van der Waals surface area contributed by atoms with Crippen molar-refractivity contribution in [1.82, 2.24) is 24.5 Å². The lowest BCUT2D eigenvalue weighted by molar-refractivity contribution is -0.143. The Morgan fingerprint density at radius 2 is 1.50 bits per heavy atom. The molecule has 4 aliphatic rings. The summed E-state index contributed by atoms with van der Waals surface area (Å²) in [6, 6.07) is 12.9. The lowest BCUT2D eigenvalue weighted by atomic mass is 10.00. The number of carbonyl (C=O) groups is 5. The first kappa shape index (κ1) is 37.4. The van der Waals surface area contributed by atoms with Crippen molar-refractivity contribution >= 4 is 51.5 Å². The van der Waals surface area contributed by atoms with E-state index < -0.39 is 18.2 Å². The van der Waals surface area contributed by atoms with E-state index in [-0.39, 0.29) is 54.9 Å². The van der Waals surface area contributed by atoms with Crippen molar-refractivity contribution in [3.63, 3.8) is 0 Å². The minimum atomic E-state index is -1.06. The Labute approximate surface area is 311 Å². The number of halogens is 1. The second-order valence-corrected chi connectivity index (χ2v) is 14.8. The molecule has 4 heterocycles. The summed E-state index contributed by atoms with van der Waals surface area (Å²) in [7, 11) is 0. The second-order valence-electron chi connectivity index (χ2n) is 14.0. The van der Waals surface area contributed by atoms with E-state index in [0.717, 1.165) is 36.1 Å². The number of carboxylic acids is 1. The van der Waals surface area contributed by atoms with Crippen LogP contribution in [0.4, 0.5) is 15.3 Å². The number of urea groups is 1. The van der Waals surface area contributed by atoms with Crippen LogP contribution >= 0.6 is 15.9 Å². The number of likely N-dealkylation sites (tertiary alicyclic amines) is 2. The highest BCUT2D eigenvalue weighted by Gasteiger charge is 2.37. The molecule has 52 heavy (non-hydrogen) atoms. The van der Waals surface area contributed by atoms with Crippen LogP contribution in [0.5, 0.6) is 5.75 Å². The van der Waals surface area contributed by atoms with Crippen molar-refractivity contribution in [1.29, 1.82) is 0 Å². The van der Waals surface area contributed by atoms with Crippen molar-refractivity contribution in [3.05, 3.63) is 58.1 Å². The highest BCUT2D eigenvalue weighted by Crippen LogP contribution is 2.28. The van der Waals surface area contributed by atoms with Gasteiger partial charge in [-0.3, -0.25) is 19.3 Å². The maximum absolute atomic E-state index is 14.0. The predicted octanol–water partition coefficient (Wildman–Crippen LogP) is 3.76. The molecule has 280 valence electrons. The predicted molar refractivity (Wildman–Crippen MR) is 195 cm³/mol. The number of nitrogens with zero attached hydrogens (tertiary/aromatic N) is 5. The van der Waals surface area contributed by atoms with Gasteiger partial charge in [0.15, 0.2) is 6.10 Å². The Bertz CT molecular complexity index is 1640. The molecule has 0 saturated carbocycles. The molecule has 3 saturated heterocycles. The van der Waals surface area contributed by atoms with E-state index in [0.29, 0.717) is 76.2 Å². The monoisotopic (exact) mass is 782 g/mol. The van der Waals surface area contributed by atoms with E-state index in [1.54, 1.807) is 26.8 Å². The van der Waals surface area contributed by atoms with Crippen molar-refractivity contribution in [3.8, 4) is 5.75 Å². The molecule has 0 unspecified atom stereocenters. The molecule has 0 aromatic heterocycles. The normalized spacial score (nSPS) is 19.8. The second kappa shape index (κ2) is 17.0. The van der Waals surface area contributed by atoms with Crippen LogP contribution in [0.25, 0.3) is 0 Å². The minimum absolute atomic E-state index is 0.00786. The number of carbonyl (C=O) groups excluding carboxylic acids is 4.